The second-order valence-corrected chi connectivity index (χ2v) is 7.31. The predicted molar refractivity (Wildman–Crippen MR) is 100 cm³/mol. The van der Waals surface area contributed by atoms with Gasteiger partial charge in [0.1, 0.15) is 0 Å². The van der Waals surface area contributed by atoms with E-state index in [1.54, 1.807) is 22.8 Å². The second kappa shape index (κ2) is 10.4. The molecule has 10 nitrogen and oxygen atoms in total. The highest BCUT2D eigenvalue weighted by Crippen LogP contribution is 2.18. The number of aromatic nitrogens is 3. The van der Waals surface area contributed by atoms with E-state index in [0.29, 0.717) is 39.1 Å². The molecule has 0 saturated carbocycles. The van der Waals surface area contributed by atoms with E-state index < -0.39 is 6.09 Å². The number of methoxy groups -OCH3 is 1. The van der Waals surface area contributed by atoms with Gasteiger partial charge in [0.2, 0.25) is 5.91 Å². The van der Waals surface area contributed by atoms with E-state index >= 15 is 0 Å². The van der Waals surface area contributed by atoms with E-state index in [0.717, 1.165) is 5.69 Å². The minimum absolute atomic E-state index is 0.0179. The number of likely N-dealkylation sites (N-methyl/N-ethyl adjacent to an activating group) is 1. The van der Waals surface area contributed by atoms with Crippen LogP contribution in [0.25, 0.3) is 0 Å². The zero-order valence-corrected chi connectivity index (χ0v) is 17.1. The van der Waals surface area contributed by atoms with Crippen LogP contribution in [-0.2, 0) is 27.4 Å². The van der Waals surface area contributed by atoms with E-state index in [4.69, 9.17) is 9.47 Å². The van der Waals surface area contributed by atoms with Crippen LogP contribution in [0.15, 0.2) is 6.20 Å². The van der Waals surface area contributed by atoms with Gasteiger partial charge in [-0.15, -0.1) is 5.10 Å². The van der Waals surface area contributed by atoms with Crippen molar-refractivity contribution in [3.05, 3.63) is 11.9 Å². The maximum atomic E-state index is 12.8. The van der Waals surface area contributed by atoms with Crippen molar-refractivity contribution < 1.29 is 24.2 Å². The van der Waals surface area contributed by atoms with Gasteiger partial charge in [0.25, 0.3) is 0 Å². The lowest BCUT2D eigenvalue weighted by atomic mass is 10.0. The first kappa shape index (κ1) is 22.1. The van der Waals surface area contributed by atoms with Gasteiger partial charge in [-0.05, 0) is 13.3 Å². The number of nitrogens with zero attached hydrogens (tertiary/aromatic N) is 5. The number of aliphatic hydroxyl groups excluding tert-OH is 1. The molecule has 1 aromatic rings. The quantitative estimate of drug-likeness (QED) is 0.788. The maximum absolute atomic E-state index is 12.8. The first-order valence-corrected chi connectivity index (χ1v) is 9.55. The lowest BCUT2D eigenvalue weighted by Crippen LogP contribution is -2.47. The lowest BCUT2D eigenvalue weighted by molar-refractivity contribution is -0.136. The number of rotatable bonds is 4. The number of ether oxygens (including phenoxy) is 2. The smallest absolute Gasteiger partial charge is 0.409 e. The molecule has 28 heavy (non-hydrogen) atoms. The van der Waals surface area contributed by atoms with E-state index in [9.17, 15) is 14.7 Å². The number of carbonyl (C=O) groups excluding carboxylic acids is 2. The third-order valence-corrected chi connectivity index (χ3v) is 5.08. The van der Waals surface area contributed by atoms with Crippen molar-refractivity contribution in [1.29, 1.82) is 0 Å². The Hall–Kier alpha value is -2.20. The molecule has 0 aromatic carbocycles. The molecule has 0 bridgehead atoms. The third kappa shape index (κ3) is 5.65. The van der Waals surface area contributed by atoms with Gasteiger partial charge in [0.05, 0.1) is 50.9 Å². The molecule has 1 aliphatic rings. The van der Waals surface area contributed by atoms with Crippen LogP contribution in [0.2, 0.25) is 0 Å². The molecule has 0 spiro atoms. The molecule has 2 rings (SSSR count). The third-order valence-electron chi connectivity index (χ3n) is 5.08. The van der Waals surface area contributed by atoms with E-state index in [1.165, 1.54) is 12.0 Å². The predicted octanol–water partition coefficient (Wildman–Crippen LogP) is 0.501. The minimum Gasteiger partial charge on any atom is -0.453 e. The molecule has 3 atom stereocenters. The van der Waals surface area contributed by atoms with Crippen LogP contribution < -0.4 is 0 Å². The highest BCUT2D eigenvalue weighted by molar-refractivity contribution is 5.76. The highest BCUT2D eigenvalue weighted by atomic mass is 16.5. The molecular weight excluding hydrogens is 366 g/mol. The number of aryl methyl sites for hydroxylation is 1. The average molecular weight is 397 g/mol. The fourth-order valence-corrected chi connectivity index (χ4v) is 3.25. The Bertz CT molecular complexity index is 652. The molecule has 2 heterocycles. The van der Waals surface area contributed by atoms with Crippen molar-refractivity contribution in [1.82, 2.24) is 24.8 Å². The van der Waals surface area contributed by atoms with Gasteiger partial charge in [-0.3, -0.25) is 4.79 Å². The summed E-state index contributed by atoms with van der Waals surface area (Å²) in [6.07, 6.45) is 1.86. The summed E-state index contributed by atoms with van der Waals surface area (Å²) in [7, 11) is 2.97. The Kier molecular flexibility index (Phi) is 8.18. The molecule has 2 amide bonds. The van der Waals surface area contributed by atoms with Gasteiger partial charge in [-0.1, -0.05) is 12.1 Å². The second-order valence-electron chi connectivity index (χ2n) is 7.31. The van der Waals surface area contributed by atoms with Crippen LogP contribution in [0, 0.1) is 5.92 Å². The summed E-state index contributed by atoms with van der Waals surface area (Å²) < 4.78 is 12.6. The normalized spacial score (nSPS) is 22.6. The summed E-state index contributed by atoms with van der Waals surface area (Å²) in [6, 6.07) is -0.293. The van der Waals surface area contributed by atoms with Gasteiger partial charge in [-0.2, -0.15) is 0 Å². The van der Waals surface area contributed by atoms with Gasteiger partial charge >= 0.3 is 6.09 Å². The Morgan fingerprint density at radius 3 is 2.96 bits per heavy atom. The molecule has 1 aliphatic heterocycles. The molecule has 0 fully saturated rings. The standard InChI is InChI=1S/C18H31N5O5/c1-13-9-22(14(2)11-24)17(25)6-5-7-23-15(8-19-20-23)12-28-16(13)10-21(3)18(26)27-4/h8,13-14,16,24H,5-7,9-12H2,1-4H3/t13-,14+,16+/m1/s1. The van der Waals surface area contributed by atoms with Gasteiger partial charge in [0.15, 0.2) is 0 Å². The van der Waals surface area contributed by atoms with Crippen molar-refractivity contribution in [2.45, 2.75) is 52.0 Å². The van der Waals surface area contributed by atoms with Crippen LogP contribution in [0.5, 0.6) is 0 Å². The fourth-order valence-electron chi connectivity index (χ4n) is 3.25. The van der Waals surface area contributed by atoms with Crippen molar-refractivity contribution in [3.8, 4) is 0 Å². The summed E-state index contributed by atoms with van der Waals surface area (Å²) in [5.74, 6) is -0.0930. The van der Waals surface area contributed by atoms with Crippen LogP contribution in [0.4, 0.5) is 4.79 Å². The summed E-state index contributed by atoms with van der Waals surface area (Å²) >= 11 is 0. The van der Waals surface area contributed by atoms with Crippen LogP contribution in [0.3, 0.4) is 0 Å². The fraction of sp³-hybridized carbons (Fsp3) is 0.778. The molecule has 0 saturated heterocycles. The zero-order valence-electron chi connectivity index (χ0n) is 17.1. The summed E-state index contributed by atoms with van der Waals surface area (Å²) in [5, 5.41) is 17.6. The largest absolute Gasteiger partial charge is 0.453 e. The first-order valence-electron chi connectivity index (χ1n) is 9.55. The van der Waals surface area contributed by atoms with Gasteiger partial charge in [-0.25, -0.2) is 9.48 Å². The van der Waals surface area contributed by atoms with Crippen molar-refractivity contribution in [2.24, 2.45) is 5.92 Å². The Morgan fingerprint density at radius 1 is 1.54 bits per heavy atom. The molecule has 0 radical (unpaired) electrons. The average Bonchev–Trinajstić information content (AvgIpc) is 3.13. The SMILES string of the molecule is COC(=O)N(C)C[C@@H]1OCc2cnnn2CCCC(=O)N([C@@H](C)CO)C[C@H]1C. The monoisotopic (exact) mass is 397 g/mol. The molecule has 0 unspecified atom stereocenters. The maximum Gasteiger partial charge on any atom is 0.409 e. The van der Waals surface area contributed by atoms with Gasteiger partial charge in [0, 0.05) is 32.5 Å². The zero-order chi connectivity index (χ0) is 20.7. The summed E-state index contributed by atoms with van der Waals surface area (Å²) in [4.78, 5) is 27.7. The number of aliphatic hydroxyl groups is 1. The number of carbonyl (C=O) groups is 2. The Labute approximate surface area is 165 Å². The highest BCUT2D eigenvalue weighted by Gasteiger charge is 2.29. The summed E-state index contributed by atoms with van der Waals surface area (Å²) in [6.45, 7) is 5.29. The van der Waals surface area contributed by atoms with E-state index in [1.807, 2.05) is 13.8 Å². The van der Waals surface area contributed by atoms with E-state index in [-0.39, 0.29) is 30.6 Å². The topological polar surface area (TPSA) is 110 Å². The molecule has 10 heteroatoms. The number of fused-ring (bicyclic) bond motifs is 1. The molecule has 1 N–H and O–H groups in total. The molecule has 1 aromatic heterocycles. The molecule has 0 aliphatic carbocycles. The molecule has 158 valence electrons. The van der Waals surface area contributed by atoms with Crippen LogP contribution in [-0.4, -0.2) is 87.9 Å². The minimum atomic E-state index is -0.453. The molecular formula is C18H31N5O5. The summed E-state index contributed by atoms with van der Waals surface area (Å²) in [5.41, 5.74) is 0.825. The van der Waals surface area contributed by atoms with Crippen molar-refractivity contribution in [2.75, 3.05) is 33.9 Å². The lowest BCUT2D eigenvalue weighted by Gasteiger charge is -2.35. The van der Waals surface area contributed by atoms with Crippen molar-refractivity contribution >= 4 is 12.0 Å². The van der Waals surface area contributed by atoms with E-state index in [2.05, 4.69) is 10.3 Å². The Balaban J connectivity index is 2.25. The number of hydrogen-bond acceptors (Lipinski definition) is 7. The Morgan fingerprint density at radius 2 is 2.29 bits per heavy atom. The number of amides is 2. The van der Waals surface area contributed by atoms with Crippen LogP contribution in [0.1, 0.15) is 32.4 Å². The number of hydrogen-bond donors (Lipinski definition) is 1. The first-order chi connectivity index (χ1) is 13.4. The van der Waals surface area contributed by atoms with Crippen LogP contribution >= 0.6 is 0 Å². The van der Waals surface area contributed by atoms with Crippen molar-refractivity contribution in [3.63, 3.8) is 0 Å². The van der Waals surface area contributed by atoms with Gasteiger partial charge < -0.3 is 24.4 Å².